The summed E-state index contributed by atoms with van der Waals surface area (Å²) in [6.45, 7) is 3.33. The molecule has 0 radical (unpaired) electrons. The Bertz CT molecular complexity index is 1020. The number of carbonyl (C=O) groups excluding carboxylic acids is 1. The molecule has 1 fully saturated rings. The predicted octanol–water partition coefficient (Wildman–Crippen LogP) is 1.99. The van der Waals surface area contributed by atoms with Gasteiger partial charge in [0.1, 0.15) is 23.0 Å². The summed E-state index contributed by atoms with van der Waals surface area (Å²) in [6.07, 6.45) is 3.87. The average molecular weight is 396 g/mol. The SMILES string of the molecule is Cc1nonc1CN(C)C(=O)C1CN(c2cncc(Cc3cccc(F)c3)n2)C1. The largest absolute Gasteiger partial charge is 0.354 e. The molecule has 29 heavy (non-hydrogen) atoms. The van der Waals surface area contributed by atoms with Gasteiger partial charge in [-0.1, -0.05) is 22.4 Å². The van der Waals surface area contributed by atoms with Crippen molar-refractivity contribution in [3.05, 3.63) is 65.1 Å². The number of benzene rings is 1. The molecule has 3 heterocycles. The molecule has 9 heteroatoms. The van der Waals surface area contributed by atoms with E-state index in [2.05, 4.69) is 24.9 Å². The van der Waals surface area contributed by atoms with Gasteiger partial charge in [0.25, 0.3) is 0 Å². The van der Waals surface area contributed by atoms with E-state index < -0.39 is 0 Å². The quantitative estimate of drug-likeness (QED) is 0.630. The van der Waals surface area contributed by atoms with Crippen molar-refractivity contribution < 1.29 is 13.8 Å². The van der Waals surface area contributed by atoms with E-state index in [0.29, 0.717) is 37.4 Å². The van der Waals surface area contributed by atoms with Gasteiger partial charge in [-0.25, -0.2) is 14.0 Å². The first-order valence-corrected chi connectivity index (χ1v) is 9.33. The maximum Gasteiger partial charge on any atom is 0.229 e. The lowest BCUT2D eigenvalue weighted by Crippen LogP contribution is -2.54. The van der Waals surface area contributed by atoms with Crippen molar-refractivity contribution in [3.8, 4) is 0 Å². The monoisotopic (exact) mass is 396 g/mol. The van der Waals surface area contributed by atoms with Crippen LogP contribution in [0.2, 0.25) is 0 Å². The standard InChI is InChI=1S/C20H21FN6O2/c1-13-18(25-29-24-13)12-26(2)20(28)15-10-27(11-15)19-9-22-8-17(23-19)7-14-4-3-5-16(21)6-14/h3-6,8-9,15H,7,10-12H2,1-2H3. The van der Waals surface area contributed by atoms with Crippen molar-refractivity contribution in [2.24, 2.45) is 5.92 Å². The van der Waals surface area contributed by atoms with E-state index in [1.54, 1.807) is 37.3 Å². The van der Waals surface area contributed by atoms with Crippen molar-refractivity contribution >= 4 is 11.7 Å². The van der Waals surface area contributed by atoms with Crippen molar-refractivity contribution in [1.82, 2.24) is 25.2 Å². The van der Waals surface area contributed by atoms with Crippen LogP contribution in [0.4, 0.5) is 10.2 Å². The lowest BCUT2D eigenvalue weighted by Gasteiger charge is -2.40. The Kier molecular flexibility index (Phi) is 5.20. The molecule has 8 nitrogen and oxygen atoms in total. The Hall–Kier alpha value is -3.36. The Morgan fingerprint density at radius 2 is 2.14 bits per heavy atom. The van der Waals surface area contributed by atoms with E-state index in [1.165, 1.54) is 12.1 Å². The minimum atomic E-state index is -0.267. The van der Waals surface area contributed by atoms with Crippen molar-refractivity contribution in [1.29, 1.82) is 0 Å². The van der Waals surface area contributed by atoms with Crippen LogP contribution >= 0.6 is 0 Å². The number of halogens is 1. The molecular formula is C20H21FN6O2. The van der Waals surface area contributed by atoms with Crippen molar-refractivity contribution in [2.75, 3.05) is 25.0 Å². The molecule has 0 unspecified atom stereocenters. The van der Waals surface area contributed by atoms with E-state index in [4.69, 9.17) is 0 Å². The molecule has 0 bridgehead atoms. The fraction of sp³-hybridized carbons (Fsp3) is 0.350. The first kappa shape index (κ1) is 19.0. The molecule has 0 spiro atoms. The molecule has 2 aromatic heterocycles. The normalized spacial score (nSPS) is 14.0. The maximum atomic E-state index is 13.4. The van der Waals surface area contributed by atoms with Crippen LogP contribution in [0.15, 0.2) is 41.3 Å². The molecule has 0 saturated carbocycles. The molecule has 150 valence electrons. The summed E-state index contributed by atoms with van der Waals surface area (Å²) in [4.78, 5) is 25.2. The van der Waals surface area contributed by atoms with E-state index in [9.17, 15) is 9.18 Å². The molecular weight excluding hydrogens is 375 g/mol. The topological polar surface area (TPSA) is 88.3 Å². The summed E-state index contributed by atoms with van der Waals surface area (Å²) in [5.74, 6) is 0.403. The Balaban J connectivity index is 1.34. The highest BCUT2D eigenvalue weighted by molar-refractivity contribution is 5.81. The highest BCUT2D eigenvalue weighted by Gasteiger charge is 2.35. The lowest BCUT2D eigenvalue weighted by atomic mass is 9.98. The van der Waals surface area contributed by atoms with Gasteiger partial charge in [0.05, 0.1) is 24.4 Å². The van der Waals surface area contributed by atoms with Crippen LogP contribution in [0.25, 0.3) is 0 Å². The van der Waals surface area contributed by atoms with Gasteiger partial charge in [0, 0.05) is 32.8 Å². The van der Waals surface area contributed by atoms with Gasteiger partial charge < -0.3 is 9.80 Å². The highest BCUT2D eigenvalue weighted by Crippen LogP contribution is 2.24. The summed E-state index contributed by atoms with van der Waals surface area (Å²) in [5, 5.41) is 7.56. The van der Waals surface area contributed by atoms with Crippen LogP contribution in [0.3, 0.4) is 0 Å². The van der Waals surface area contributed by atoms with Crippen LogP contribution in [0.1, 0.15) is 22.6 Å². The second-order valence-corrected chi connectivity index (χ2v) is 7.27. The van der Waals surface area contributed by atoms with Crippen molar-refractivity contribution in [2.45, 2.75) is 19.9 Å². The molecule has 1 amide bonds. The van der Waals surface area contributed by atoms with Crippen molar-refractivity contribution in [3.63, 3.8) is 0 Å². The zero-order valence-corrected chi connectivity index (χ0v) is 16.2. The molecule has 4 rings (SSSR count). The fourth-order valence-corrected chi connectivity index (χ4v) is 3.32. The molecule has 0 atom stereocenters. The van der Waals surface area contributed by atoms with Crippen LogP contribution in [0.5, 0.6) is 0 Å². The highest BCUT2D eigenvalue weighted by atomic mass is 19.1. The fourth-order valence-electron chi connectivity index (χ4n) is 3.32. The summed E-state index contributed by atoms with van der Waals surface area (Å²) in [6, 6.07) is 6.45. The van der Waals surface area contributed by atoms with Gasteiger partial charge in [-0.15, -0.1) is 0 Å². The maximum absolute atomic E-state index is 13.4. The van der Waals surface area contributed by atoms with E-state index in [-0.39, 0.29) is 17.6 Å². The molecule has 1 aromatic carbocycles. The van der Waals surface area contributed by atoms with Gasteiger partial charge in [0.15, 0.2) is 0 Å². The summed E-state index contributed by atoms with van der Waals surface area (Å²) >= 11 is 0. The van der Waals surface area contributed by atoms with Crippen LogP contribution < -0.4 is 4.90 Å². The molecule has 0 aliphatic carbocycles. The summed E-state index contributed by atoms with van der Waals surface area (Å²) in [7, 11) is 1.75. The Morgan fingerprint density at radius 3 is 2.86 bits per heavy atom. The molecule has 0 N–H and O–H groups in total. The molecule has 1 saturated heterocycles. The zero-order chi connectivity index (χ0) is 20.4. The van der Waals surface area contributed by atoms with Crippen LogP contribution in [0, 0.1) is 18.7 Å². The number of hydrogen-bond donors (Lipinski definition) is 0. The van der Waals surface area contributed by atoms with E-state index in [1.807, 2.05) is 11.0 Å². The smallest absolute Gasteiger partial charge is 0.229 e. The van der Waals surface area contributed by atoms with E-state index in [0.717, 1.165) is 17.1 Å². The van der Waals surface area contributed by atoms with Gasteiger partial charge >= 0.3 is 0 Å². The summed E-state index contributed by atoms with van der Waals surface area (Å²) in [5.41, 5.74) is 2.94. The number of hydrogen-bond acceptors (Lipinski definition) is 7. The first-order chi connectivity index (χ1) is 14.0. The first-order valence-electron chi connectivity index (χ1n) is 9.33. The number of aromatic nitrogens is 4. The summed E-state index contributed by atoms with van der Waals surface area (Å²) < 4.78 is 18.1. The number of nitrogens with zero attached hydrogens (tertiary/aromatic N) is 6. The van der Waals surface area contributed by atoms with Gasteiger partial charge in [-0.2, -0.15) is 0 Å². The predicted molar refractivity (Wildman–Crippen MR) is 102 cm³/mol. The molecule has 1 aliphatic heterocycles. The second kappa shape index (κ2) is 7.94. The number of aryl methyl sites for hydroxylation is 1. The second-order valence-electron chi connectivity index (χ2n) is 7.27. The third-order valence-corrected chi connectivity index (χ3v) is 5.01. The van der Waals surface area contributed by atoms with E-state index >= 15 is 0 Å². The van der Waals surface area contributed by atoms with Crippen LogP contribution in [-0.2, 0) is 17.8 Å². The lowest BCUT2D eigenvalue weighted by molar-refractivity contribution is -0.135. The minimum absolute atomic E-state index is 0.0486. The number of carbonyl (C=O) groups is 1. The average Bonchev–Trinajstić information content (AvgIpc) is 3.05. The zero-order valence-electron chi connectivity index (χ0n) is 16.2. The third kappa shape index (κ3) is 4.23. The molecule has 1 aliphatic rings. The molecule has 3 aromatic rings. The Labute approximate surface area is 167 Å². The minimum Gasteiger partial charge on any atom is -0.354 e. The number of rotatable bonds is 6. The van der Waals surface area contributed by atoms with Gasteiger partial charge in [-0.05, 0) is 24.6 Å². The van der Waals surface area contributed by atoms with Gasteiger partial charge in [0.2, 0.25) is 5.91 Å². The van der Waals surface area contributed by atoms with Gasteiger partial charge in [-0.3, -0.25) is 9.78 Å². The number of anilines is 1. The number of amides is 1. The van der Waals surface area contributed by atoms with Crippen LogP contribution in [-0.4, -0.2) is 51.2 Å². The Morgan fingerprint density at radius 1 is 1.31 bits per heavy atom. The third-order valence-electron chi connectivity index (χ3n) is 5.01.